The second-order valence-electron chi connectivity index (χ2n) is 10.2. The summed E-state index contributed by atoms with van der Waals surface area (Å²) in [4.78, 5) is 16.5. The van der Waals surface area contributed by atoms with Gasteiger partial charge in [0.05, 0.1) is 5.69 Å². The molecule has 2 aliphatic rings. The molecule has 2 fully saturated rings. The molecule has 0 atom stereocenters. The molecule has 1 N–H and O–H groups in total. The van der Waals surface area contributed by atoms with Crippen molar-refractivity contribution in [3.8, 4) is 11.5 Å². The number of amides is 2. The monoisotopic (exact) mass is 541 g/mol. The fourth-order valence-corrected chi connectivity index (χ4v) is 5.27. The predicted molar refractivity (Wildman–Crippen MR) is 141 cm³/mol. The average molecular weight is 542 g/mol. The van der Waals surface area contributed by atoms with E-state index in [0.29, 0.717) is 43.8 Å². The maximum Gasteiger partial charge on any atom is 0.321 e. The summed E-state index contributed by atoms with van der Waals surface area (Å²) in [7, 11) is 0. The van der Waals surface area contributed by atoms with Crippen LogP contribution in [0.25, 0.3) is 0 Å². The first kappa shape index (κ1) is 27.0. The molecule has 5 nitrogen and oxygen atoms in total. The van der Waals surface area contributed by atoms with Gasteiger partial charge in [-0.25, -0.2) is 22.4 Å². The highest BCUT2D eigenvalue weighted by Gasteiger charge is 2.25. The normalized spacial score (nSPS) is 16.8. The van der Waals surface area contributed by atoms with Gasteiger partial charge >= 0.3 is 6.03 Å². The molecule has 2 heterocycles. The van der Waals surface area contributed by atoms with Crippen molar-refractivity contribution in [2.45, 2.75) is 44.6 Å². The van der Waals surface area contributed by atoms with Crippen LogP contribution in [0.1, 0.15) is 49.1 Å². The number of benzene rings is 3. The van der Waals surface area contributed by atoms with E-state index in [1.54, 1.807) is 17.0 Å². The van der Waals surface area contributed by atoms with Crippen molar-refractivity contribution >= 4 is 11.7 Å². The van der Waals surface area contributed by atoms with Crippen LogP contribution >= 0.6 is 0 Å². The SMILES string of the molecule is O=C(Nc1cc(C2CCN(Cc3ccc(Oc4ccc(F)c(F)c4)cc3)CC2)c(F)cc1F)N1CCCCC1. The molecule has 2 amide bonds. The van der Waals surface area contributed by atoms with Crippen LogP contribution in [0.5, 0.6) is 11.5 Å². The Morgan fingerprint density at radius 3 is 2.15 bits per heavy atom. The zero-order valence-electron chi connectivity index (χ0n) is 21.6. The average Bonchev–Trinajstić information content (AvgIpc) is 2.94. The summed E-state index contributed by atoms with van der Waals surface area (Å²) < 4.78 is 61.4. The zero-order valence-corrected chi connectivity index (χ0v) is 21.6. The van der Waals surface area contributed by atoms with Gasteiger partial charge in [-0.1, -0.05) is 12.1 Å². The lowest BCUT2D eigenvalue weighted by molar-refractivity contribution is 0.200. The van der Waals surface area contributed by atoms with Gasteiger partial charge < -0.3 is 15.0 Å². The van der Waals surface area contributed by atoms with Crippen LogP contribution in [0.4, 0.5) is 28.0 Å². The Hall–Kier alpha value is -3.59. The Morgan fingerprint density at radius 1 is 0.769 bits per heavy atom. The summed E-state index contributed by atoms with van der Waals surface area (Å²) >= 11 is 0. The number of hydrogen-bond donors (Lipinski definition) is 1. The second-order valence-corrected chi connectivity index (χ2v) is 10.2. The van der Waals surface area contributed by atoms with E-state index in [4.69, 9.17) is 4.74 Å². The number of carbonyl (C=O) groups is 1. The number of nitrogens with one attached hydrogen (secondary N) is 1. The van der Waals surface area contributed by atoms with Gasteiger partial charge in [0.1, 0.15) is 23.1 Å². The summed E-state index contributed by atoms with van der Waals surface area (Å²) in [6.07, 6.45) is 4.35. The van der Waals surface area contributed by atoms with Crippen molar-refractivity contribution < 1.29 is 27.1 Å². The standard InChI is InChI=1S/C30H31F4N3O2/c31-25-9-8-23(16-27(25)33)39-22-6-4-20(5-7-22)19-36-14-10-21(11-15-36)24-17-29(28(34)18-26(24)32)35-30(38)37-12-2-1-3-13-37/h4-9,16-18,21H,1-3,10-15,19H2,(H,35,38). The smallest absolute Gasteiger partial charge is 0.321 e. The highest BCUT2D eigenvalue weighted by Crippen LogP contribution is 2.33. The molecule has 206 valence electrons. The van der Waals surface area contributed by atoms with Crippen molar-refractivity contribution in [2.75, 3.05) is 31.5 Å². The summed E-state index contributed by atoms with van der Waals surface area (Å²) in [5.41, 5.74) is 1.51. The first-order chi connectivity index (χ1) is 18.9. The molecule has 39 heavy (non-hydrogen) atoms. The lowest BCUT2D eigenvalue weighted by atomic mass is 9.88. The molecule has 0 radical (unpaired) electrons. The number of likely N-dealkylation sites (tertiary alicyclic amines) is 2. The molecule has 5 rings (SSSR count). The molecule has 0 aliphatic carbocycles. The molecule has 2 saturated heterocycles. The van der Waals surface area contributed by atoms with E-state index in [0.717, 1.165) is 56.1 Å². The third-order valence-electron chi connectivity index (χ3n) is 7.45. The van der Waals surface area contributed by atoms with Gasteiger partial charge in [-0.15, -0.1) is 0 Å². The minimum absolute atomic E-state index is 0.0232. The maximum atomic E-state index is 14.8. The molecule has 0 saturated carbocycles. The Kier molecular flexibility index (Phi) is 8.35. The molecule has 0 bridgehead atoms. The number of urea groups is 1. The molecular weight excluding hydrogens is 510 g/mol. The minimum atomic E-state index is -0.966. The van der Waals surface area contributed by atoms with Crippen molar-refractivity contribution in [2.24, 2.45) is 0 Å². The van der Waals surface area contributed by atoms with E-state index in [1.807, 2.05) is 12.1 Å². The summed E-state index contributed by atoms with van der Waals surface area (Å²) in [6, 6.07) is 12.8. The number of piperidine rings is 2. The van der Waals surface area contributed by atoms with Crippen molar-refractivity contribution in [3.63, 3.8) is 0 Å². The summed E-state index contributed by atoms with van der Waals surface area (Å²) in [5.74, 6) is -2.59. The molecule has 0 aromatic heterocycles. The van der Waals surface area contributed by atoms with Crippen LogP contribution < -0.4 is 10.1 Å². The molecular formula is C30H31F4N3O2. The van der Waals surface area contributed by atoms with Crippen molar-refractivity contribution in [3.05, 3.63) is 89.0 Å². The number of rotatable bonds is 6. The molecule has 0 spiro atoms. The van der Waals surface area contributed by atoms with Gasteiger partial charge in [0, 0.05) is 31.8 Å². The largest absolute Gasteiger partial charge is 0.457 e. The Morgan fingerprint density at radius 2 is 1.46 bits per heavy atom. The Balaban J connectivity index is 1.16. The number of anilines is 1. The van der Waals surface area contributed by atoms with Crippen LogP contribution in [-0.4, -0.2) is 42.0 Å². The van der Waals surface area contributed by atoms with E-state index in [9.17, 15) is 22.4 Å². The number of carbonyl (C=O) groups excluding carboxylic acids is 1. The predicted octanol–water partition coefficient (Wildman–Crippen LogP) is 7.43. The van der Waals surface area contributed by atoms with Crippen LogP contribution in [0, 0.1) is 23.3 Å². The Bertz CT molecular complexity index is 1300. The molecule has 3 aromatic rings. The van der Waals surface area contributed by atoms with E-state index in [1.165, 1.54) is 12.1 Å². The summed E-state index contributed by atoms with van der Waals surface area (Å²) in [5, 5.41) is 2.64. The lowest BCUT2D eigenvalue weighted by Gasteiger charge is -2.32. The fraction of sp³-hybridized carbons (Fsp3) is 0.367. The third kappa shape index (κ3) is 6.71. The highest BCUT2D eigenvalue weighted by molar-refractivity contribution is 5.89. The van der Waals surface area contributed by atoms with E-state index in [-0.39, 0.29) is 23.4 Å². The lowest BCUT2D eigenvalue weighted by Crippen LogP contribution is -2.39. The first-order valence-corrected chi connectivity index (χ1v) is 13.3. The molecule has 9 heteroatoms. The molecule has 2 aliphatic heterocycles. The van der Waals surface area contributed by atoms with Crippen molar-refractivity contribution in [1.29, 1.82) is 0 Å². The van der Waals surface area contributed by atoms with Crippen LogP contribution in [-0.2, 0) is 6.54 Å². The van der Waals surface area contributed by atoms with Gasteiger partial charge in [-0.3, -0.25) is 4.90 Å². The number of halogens is 4. The van der Waals surface area contributed by atoms with Gasteiger partial charge in [0.15, 0.2) is 11.6 Å². The van der Waals surface area contributed by atoms with Gasteiger partial charge in [0.25, 0.3) is 0 Å². The zero-order chi connectivity index (χ0) is 27.4. The first-order valence-electron chi connectivity index (χ1n) is 13.3. The van der Waals surface area contributed by atoms with E-state index in [2.05, 4.69) is 10.2 Å². The van der Waals surface area contributed by atoms with E-state index >= 15 is 0 Å². The van der Waals surface area contributed by atoms with Gasteiger partial charge in [0.2, 0.25) is 0 Å². The number of ether oxygens (including phenoxy) is 1. The van der Waals surface area contributed by atoms with Crippen LogP contribution in [0.15, 0.2) is 54.6 Å². The topological polar surface area (TPSA) is 44.8 Å². The minimum Gasteiger partial charge on any atom is -0.457 e. The van der Waals surface area contributed by atoms with Crippen molar-refractivity contribution in [1.82, 2.24) is 9.80 Å². The Labute approximate surface area is 225 Å². The fourth-order valence-electron chi connectivity index (χ4n) is 5.27. The number of nitrogens with zero attached hydrogens (tertiary/aromatic N) is 2. The van der Waals surface area contributed by atoms with Crippen LogP contribution in [0.2, 0.25) is 0 Å². The quantitative estimate of drug-likeness (QED) is 0.330. The molecule has 3 aromatic carbocycles. The third-order valence-corrected chi connectivity index (χ3v) is 7.45. The highest BCUT2D eigenvalue weighted by atomic mass is 19.2. The second kappa shape index (κ2) is 12.1. The van der Waals surface area contributed by atoms with Gasteiger partial charge in [-0.05, 0) is 92.6 Å². The maximum absolute atomic E-state index is 14.8. The summed E-state index contributed by atoms with van der Waals surface area (Å²) in [6.45, 7) is 3.46. The number of hydrogen-bond acceptors (Lipinski definition) is 3. The van der Waals surface area contributed by atoms with Crippen LogP contribution in [0.3, 0.4) is 0 Å². The molecule has 0 unspecified atom stereocenters. The van der Waals surface area contributed by atoms with E-state index < -0.39 is 23.3 Å². The van der Waals surface area contributed by atoms with Gasteiger partial charge in [-0.2, -0.15) is 0 Å².